The lowest BCUT2D eigenvalue weighted by Crippen LogP contribution is -2.10. The first-order valence-electron chi connectivity index (χ1n) is 10.1. The molecule has 0 saturated heterocycles. The van der Waals surface area contributed by atoms with Crippen LogP contribution in [-0.4, -0.2) is 43.6 Å². The molecular weight excluding hydrogens is 394 g/mol. The van der Waals surface area contributed by atoms with Crippen molar-refractivity contribution < 1.29 is 9.26 Å². The van der Waals surface area contributed by atoms with Crippen molar-refractivity contribution in [1.82, 2.24) is 29.9 Å². The van der Waals surface area contributed by atoms with Gasteiger partial charge >= 0.3 is 0 Å². The minimum Gasteiger partial charge on any atom is -0.383 e. The quantitative estimate of drug-likeness (QED) is 0.462. The lowest BCUT2D eigenvalue weighted by molar-refractivity contribution is 0.183. The van der Waals surface area contributed by atoms with Crippen molar-refractivity contribution in [2.24, 2.45) is 5.92 Å². The minimum absolute atomic E-state index is 0.00208. The van der Waals surface area contributed by atoms with E-state index in [1.165, 1.54) is 0 Å². The SMILES string of the molecule is COCCn1cc(-c2nc(C(c3ccc(-c4cnc(N)nc4)cc3)C(C)C)no2)cn1. The summed E-state index contributed by atoms with van der Waals surface area (Å²) in [6.45, 7) is 5.54. The van der Waals surface area contributed by atoms with Crippen molar-refractivity contribution in [3.8, 4) is 22.6 Å². The van der Waals surface area contributed by atoms with Gasteiger partial charge in [-0.25, -0.2) is 9.97 Å². The molecule has 1 unspecified atom stereocenters. The lowest BCUT2D eigenvalue weighted by Gasteiger charge is -2.18. The van der Waals surface area contributed by atoms with Gasteiger partial charge in [-0.2, -0.15) is 10.1 Å². The average Bonchev–Trinajstić information content (AvgIpc) is 3.43. The Bertz CT molecular complexity index is 1120. The molecule has 1 aromatic carbocycles. The Hall–Kier alpha value is -3.59. The van der Waals surface area contributed by atoms with Gasteiger partial charge in [0.25, 0.3) is 5.89 Å². The maximum absolute atomic E-state index is 5.58. The van der Waals surface area contributed by atoms with Gasteiger partial charge in [0.05, 0.1) is 24.9 Å². The predicted molar refractivity (Wildman–Crippen MR) is 116 cm³/mol. The summed E-state index contributed by atoms with van der Waals surface area (Å²) in [5.41, 5.74) is 9.40. The van der Waals surface area contributed by atoms with Gasteiger partial charge in [0.15, 0.2) is 5.82 Å². The van der Waals surface area contributed by atoms with Crippen LogP contribution in [0, 0.1) is 5.92 Å². The van der Waals surface area contributed by atoms with Crippen molar-refractivity contribution in [3.63, 3.8) is 0 Å². The van der Waals surface area contributed by atoms with E-state index in [0.717, 1.165) is 22.3 Å². The Morgan fingerprint density at radius 3 is 2.45 bits per heavy atom. The molecule has 1 atom stereocenters. The highest BCUT2D eigenvalue weighted by molar-refractivity contribution is 5.62. The summed E-state index contributed by atoms with van der Waals surface area (Å²) < 4.78 is 12.4. The van der Waals surface area contributed by atoms with Gasteiger partial charge in [0.2, 0.25) is 5.95 Å². The van der Waals surface area contributed by atoms with E-state index in [4.69, 9.17) is 15.0 Å². The van der Waals surface area contributed by atoms with Crippen molar-refractivity contribution in [2.75, 3.05) is 19.5 Å². The summed E-state index contributed by atoms with van der Waals surface area (Å²) in [5.74, 6) is 1.65. The highest BCUT2D eigenvalue weighted by atomic mass is 16.5. The van der Waals surface area contributed by atoms with Crippen molar-refractivity contribution in [1.29, 1.82) is 0 Å². The van der Waals surface area contributed by atoms with Gasteiger partial charge in [-0.1, -0.05) is 43.3 Å². The molecule has 0 fully saturated rings. The van der Waals surface area contributed by atoms with E-state index in [0.29, 0.717) is 24.9 Å². The molecule has 31 heavy (non-hydrogen) atoms. The first-order valence-corrected chi connectivity index (χ1v) is 10.1. The van der Waals surface area contributed by atoms with Crippen LogP contribution in [-0.2, 0) is 11.3 Å². The first-order chi connectivity index (χ1) is 15.0. The first kappa shape index (κ1) is 20.7. The zero-order chi connectivity index (χ0) is 21.8. The fourth-order valence-corrected chi connectivity index (χ4v) is 3.46. The van der Waals surface area contributed by atoms with E-state index in [1.807, 2.05) is 18.3 Å². The maximum Gasteiger partial charge on any atom is 0.261 e. The van der Waals surface area contributed by atoms with Crippen LogP contribution in [0.3, 0.4) is 0 Å². The number of nitrogens with two attached hydrogens (primary N) is 1. The summed E-state index contributed by atoms with van der Waals surface area (Å²) >= 11 is 0. The molecule has 0 aliphatic heterocycles. The normalized spacial score (nSPS) is 12.4. The van der Waals surface area contributed by atoms with Crippen LogP contribution >= 0.6 is 0 Å². The number of hydrogen-bond donors (Lipinski definition) is 1. The molecule has 4 rings (SSSR count). The van der Waals surface area contributed by atoms with Crippen LogP contribution < -0.4 is 5.73 Å². The lowest BCUT2D eigenvalue weighted by atomic mass is 9.87. The monoisotopic (exact) mass is 419 g/mol. The minimum atomic E-state index is -0.00208. The number of aromatic nitrogens is 6. The maximum atomic E-state index is 5.58. The number of nitrogen functional groups attached to an aromatic ring is 1. The second-order valence-electron chi connectivity index (χ2n) is 7.62. The molecule has 0 saturated carbocycles. The number of anilines is 1. The highest BCUT2D eigenvalue weighted by Gasteiger charge is 2.24. The van der Waals surface area contributed by atoms with Crippen molar-refractivity contribution in [2.45, 2.75) is 26.3 Å². The predicted octanol–water partition coefficient (Wildman–Crippen LogP) is 3.41. The summed E-state index contributed by atoms with van der Waals surface area (Å²) in [5, 5.41) is 8.58. The van der Waals surface area contributed by atoms with Crippen molar-refractivity contribution >= 4 is 5.95 Å². The molecule has 0 aliphatic carbocycles. The summed E-state index contributed by atoms with van der Waals surface area (Å²) in [6, 6.07) is 8.24. The third kappa shape index (κ3) is 4.61. The van der Waals surface area contributed by atoms with Crippen LogP contribution in [0.2, 0.25) is 0 Å². The molecule has 0 spiro atoms. The Kier molecular flexibility index (Phi) is 6.03. The van der Waals surface area contributed by atoms with Crippen LogP contribution in [0.25, 0.3) is 22.6 Å². The largest absolute Gasteiger partial charge is 0.383 e. The Labute approximate surface area is 180 Å². The molecule has 0 radical (unpaired) electrons. The molecule has 0 amide bonds. The van der Waals surface area contributed by atoms with Gasteiger partial charge in [-0.05, 0) is 17.0 Å². The number of methoxy groups -OCH3 is 1. The molecule has 4 aromatic rings. The molecule has 3 aromatic heterocycles. The molecule has 9 nitrogen and oxygen atoms in total. The van der Waals surface area contributed by atoms with E-state index in [1.54, 1.807) is 30.4 Å². The summed E-state index contributed by atoms with van der Waals surface area (Å²) in [6.07, 6.45) is 7.04. The van der Waals surface area contributed by atoms with E-state index < -0.39 is 0 Å². The zero-order valence-electron chi connectivity index (χ0n) is 17.8. The van der Waals surface area contributed by atoms with Crippen LogP contribution in [0.5, 0.6) is 0 Å². The number of benzene rings is 1. The second-order valence-corrected chi connectivity index (χ2v) is 7.62. The van der Waals surface area contributed by atoms with E-state index in [9.17, 15) is 0 Å². The number of nitrogens with zero attached hydrogens (tertiary/aromatic N) is 6. The summed E-state index contributed by atoms with van der Waals surface area (Å²) in [7, 11) is 1.66. The summed E-state index contributed by atoms with van der Waals surface area (Å²) in [4.78, 5) is 12.8. The number of ether oxygens (including phenoxy) is 1. The Balaban J connectivity index is 1.57. The van der Waals surface area contributed by atoms with Gasteiger partial charge in [-0.3, -0.25) is 4.68 Å². The van der Waals surface area contributed by atoms with E-state index in [-0.39, 0.29) is 17.8 Å². The van der Waals surface area contributed by atoms with E-state index in [2.05, 4.69) is 51.2 Å². The Morgan fingerprint density at radius 1 is 1.03 bits per heavy atom. The second kappa shape index (κ2) is 9.05. The van der Waals surface area contributed by atoms with Gasteiger partial charge in [0.1, 0.15) is 0 Å². The molecule has 0 bridgehead atoms. The van der Waals surface area contributed by atoms with E-state index >= 15 is 0 Å². The van der Waals surface area contributed by atoms with Gasteiger partial charge in [-0.15, -0.1) is 0 Å². The molecule has 2 N–H and O–H groups in total. The number of hydrogen-bond acceptors (Lipinski definition) is 8. The van der Waals surface area contributed by atoms with Crippen LogP contribution in [0.15, 0.2) is 53.6 Å². The van der Waals surface area contributed by atoms with Crippen LogP contribution in [0.4, 0.5) is 5.95 Å². The van der Waals surface area contributed by atoms with Gasteiger partial charge < -0.3 is 15.0 Å². The zero-order valence-corrected chi connectivity index (χ0v) is 17.8. The molecular formula is C22H25N7O2. The molecule has 3 heterocycles. The number of rotatable bonds is 8. The molecule has 0 aliphatic rings. The molecule has 160 valence electrons. The van der Waals surface area contributed by atoms with Crippen LogP contribution in [0.1, 0.15) is 31.2 Å². The smallest absolute Gasteiger partial charge is 0.261 e. The third-order valence-corrected chi connectivity index (χ3v) is 5.07. The molecule has 9 heteroatoms. The van der Waals surface area contributed by atoms with Gasteiger partial charge in [0, 0.05) is 37.2 Å². The standard InChI is InChI=1S/C22H25N7O2/c1-14(2)19(16-6-4-15(5-7-16)17-10-24-22(23)25-11-17)20-27-21(31-28-20)18-12-26-29(13-18)8-9-30-3/h4-7,10-14,19H,8-9H2,1-3H3,(H2,23,24,25). The average molecular weight is 419 g/mol. The third-order valence-electron chi connectivity index (χ3n) is 5.07. The fraction of sp³-hybridized carbons (Fsp3) is 0.318. The van der Waals surface area contributed by atoms with Crippen molar-refractivity contribution in [3.05, 3.63) is 60.4 Å². The Morgan fingerprint density at radius 2 is 1.77 bits per heavy atom. The fourth-order valence-electron chi connectivity index (χ4n) is 3.46. The topological polar surface area (TPSA) is 118 Å². The highest BCUT2D eigenvalue weighted by Crippen LogP contribution is 2.32.